The number of aromatic nitrogens is 4. The number of hydrogen-bond donors (Lipinski definition) is 1. The average molecular weight is 800 g/mol. The standard InChI is InChI=1S/C43H48Cl2N6O5/c1-23-19-29(20-24(2)37(23)45)56-17-10-11-30-31-13-14-33(44)36(35-26(4)46-49(8)27(35)5)38(31)51-25(3)22-50(42(52)40(30)51)39-32-21-28(47(6)16-18-55-9)12-15-34(32)48(7)41(39)43(53)54/h12-15,19-21,25H,10-11,16-18,22H2,1-9H3,(H,53,54). The smallest absolute Gasteiger partial charge is 0.354 e. The van der Waals surface area contributed by atoms with Crippen LogP contribution in [0.3, 0.4) is 0 Å². The van der Waals surface area contributed by atoms with E-state index in [1.165, 1.54) is 0 Å². The molecule has 0 saturated carbocycles. The van der Waals surface area contributed by atoms with E-state index in [1.54, 1.807) is 23.6 Å². The molecule has 1 atom stereocenters. The third-order valence-electron chi connectivity index (χ3n) is 11.3. The lowest BCUT2D eigenvalue weighted by molar-refractivity contribution is 0.0687. The SMILES string of the molecule is COCCN(C)c1ccc2c(c1)c(N1CC(C)n3c(c(CCCOc4cc(C)c(Cl)c(C)c4)c4ccc(Cl)c(-c5c(C)nn(C)c5C)c43)C1=O)c(C(=O)O)n2C. The molecular formula is C43H48Cl2N6O5. The van der Waals surface area contributed by atoms with Crippen molar-refractivity contribution >= 4 is 68.3 Å². The number of aryl methyl sites for hydroxylation is 6. The van der Waals surface area contributed by atoms with Gasteiger partial charge in [-0.05, 0) is 101 Å². The fraction of sp³-hybridized carbons (Fsp3) is 0.372. The summed E-state index contributed by atoms with van der Waals surface area (Å²) in [6, 6.07) is 13.4. The second-order valence-electron chi connectivity index (χ2n) is 15.0. The molecule has 0 saturated heterocycles. The van der Waals surface area contributed by atoms with Crippen LogP contribution in [0, 0.1) is 27.7 Å². The van der Waals surface area contributed by atoms with E-state index in [1.807, 2.05) is 88.9 Å². The third kappa shape index (κ3) is 6.49. The van der Waals surface area contributed by atoms with Crippen molar-refractivity contribution in [3.8, 4) is 16.9 Å². The highest BCUT2D eigenvalue weighted by molar-refractivity contribution is 6.35. The lowest BCUT2D eigenvalue weighted by Gasteiger charge is -2.34. The van der Waals surface area contributed by atoms with Gasteiger partial charge in [-0.1, -0.05) is 29.3 Å². The first-order chi connectivity index (χ1) is 26.7. The second-order valence-corrected chi connectivity index (χ2v) is 15.7. The van der Waals surface area contributed by atoms with Gasteiger partial charge in [-0.2, -0.15) is 5.10 Å². The summed E-state index contributed by atoms with van der Waals surface area (Å²) in [4.78, 5) is 32.2. The van der Waals surface area contributed by atoms with Crippen LogP contribution in [0.4, 0.5) is 11.4 Å². The predicted molar refractivity (Wildman–Crippen MR) is 225 cm³/mol. The number of fused-ring (bicyclic) bond motifs is 4. The Morgan fingerprint density at radius 1 is 1.00 bits per heavy atom. The summed E-state index contributed by atoms with van der Waals surface area (Å²) in [5, 5.41) is 18.3. The number of benzene rings is 3. The van der Waals surface area contributed by atoms with Crippen LogP contribution in [-0.4, -0.2) is 76.4 Å². The van der Waals surface area contributed by atoms with Crippen molar-refractivity contribution in [2.45, 2.75) is 53.5 Å². The minimum Gasteiger partial charge on any atom is -0.494 e. The summed E-state index contributed by atoms with van der Waals surface area (Å²) < 4.78 is 17.2. The molecule has 0 aliphatic carbocycles. The largest absolute Gasteiger partial charge is 0.494 e. The summed E-state index contributed by atoms with van der Waals surface area (Å²) in [5.41, 5.74) is 9.73. The number of methoxy groups -OCH3 is 1. The van der Waals surface area contributed by atoms with E-state index < -0.39 is 5.97 Å². The molecule has 0 radical (unpaired) electrons. The lowest BCUT2D eigenvalue weighted by atomic mass is 9.98. The van der Waals surface area contributed by atoms with Crippen molar-refractivity contribution < 1.29 is 24.2 Å². The molecule has 1 unspecified atom stereocenters. The van der Waals surface area contributed by atoms with Gasteiger partial charge >= 0.3 is 5.97 Å². The first-order valence-electron chi connectivity index (χ1n) is 18.8. The Hall–Kier alpha value is -4.97. The fourth-order valence-electron chi connectivity index (χ4n) is 8.45. The van der Waals surface area contributed by atoms with Gasteiger partial charge in [0, 0.05) is 85.7 Å². The number of ether oxygens (including phenoxy) is 2. The summed E-state index contributed by atoms with van der Waals surface area (Å²) in [6.07, 6.45) is 1.14. The zero-order chi connectivity index (χ0) is 40.3. The molecule has 1 aliphatic heterocycles. The van der Waals surface area contributed by atoms with E-state index in [4.69, 9.17) is 37.8 Å². The number of amides is 1. The number of carboxylic acids is 1. The molecule has 294 valence electrons. The maximum Gasteiger partial charge on any atom is 0.354 e. The Labute approximate surface area is 336 Å². The first kappa shape index (κ1) is 39.3. The van der Waals surface area contributed by atoms with Crippen LogP contribution >= 0.6 is 23.2 Å². The Kier molecular flexibility index (Phi) is 10.6. The molecule has 56 heavy (non-hydrogen) atoms. The molecule has 13 heteroatoms. The van der Waals surface area contributed by atoms with Crippen LogP contribution in [0.5, 0.6) is 5.75 Å². The van der Waals surface area contributed by atoms with Crippen molar-refractivity contribution in [3.05, 3.63) is 92.0 Å². The van der Waals surface area contributed by atoms with Crippen LogP contribution in [0.2, 0.25) is 10.0 Å². The number of rotatable bonds is 12. The molecule has 3 aromatic carbocycles. The van der Waals surface area contributed by atoms with Crippen molar-refractivity contribution in [2.24, 2.45) is 14.1 Å². The summed E-state index contributed by atoms with van der Waals surface area (Å²) >= 11 is 13.5. The van der Waals surface area contributed by atoms with Crippen molar-refractivity contribution in [1.82, 2.24) is 18.9 Å². The highest BCUT2D eigenvalue weighted by atomic mass is 35.5. The van der Waals surface area contributed by atoms with E-state index >= 15 is 4.79 Å². The van der Waals surface area contributed by atoms with Crippen LogP contribution in [0.15, 0.2) is 42.5 Å². The molecule has 6 aromatic rings. The van der Waals surface area contributed by atoms with E-state index in [2.05, 4.69) is 16.4 Å². The Morgan fingerprint density at radius 3 is 2.36 bits per heavy atom. The normalized spacial score (nSPS) is 14.3. The number of likely N-dealkylation sites (N-methyl/N-ethyl adjacent to an activating group) is 1. The molecule has 3 aromatic heterocycles. The third-order valence-corrected chi connectivity index (χ3v) is 12.2. The number of carboxylic acid groups (broad SMARTS) is 1. The topological polar surface area (TPSA) is 107 Å². The van der Waals surface area contributed by atoms with Crippen molar-refractivity contribution in [2.75, 3.05) is 50.3 Å². The highest BCUT2D eigenvalue weighted by Crippen LogP contribution is 2.46. The minimum atomic E-state index is -1.11. The number of hydrogen-bond acceptors (Lipinski definition) is 6. The average Bonchev–Trinajstić information content (AvgIpc) is 3.74. The van der Waals surface area contributed by atoms with Gasteiger partial charge in [-0.3, -0.25) is 9.48 Å². The van der Waals surface area contributed by atoms with E-state index in [9.17, 15) is 9.90 Å². The zero-order valence-corrected chi connectivity index (χ0v) is 34.9. The molecule has 4 heterocycles. The lowest BCUT2D eigenvalue weighted by Crippen LogP contribution is -2.43. The van der Waals surface area contributed by atoms with E-state index in [0.29, 0.717) is 54.4 Å². The van der Waals surface area contributed by atoms with Gasteiger partial charge < -0.3 is 33.5 Å². The van der Waals surface area contributed by atoms with Gasteiger partial charge in [0.05, 0.1) is 40.7 Å². The monoisotopic (exact) mass is 798 g/mol. The summed E-state index contributed by atoms with van der Waals surface area (Å²) in [6.45, 7) is 11.8. The van der Waals surface area contributed by atoms with Crippen LogP contribution in [0.1, 0.15) is 68.4 Å². The number of nitrogens with zero attached hydrogens (tertiary/aromatic N) is 6. The summed E-state index contributed by atoms with van der Waals surface area (Å²) in [7, 11) is 7.28. The number of halogens is 2. The number of aromatic carboxylic acids is 1. The predicted octanol–water partition coefficient (Wildman–Crippen LogP) is 9.09. The molecule has 1 amide bonds. The van der Waals surface area contributed by atoms with Crippen molar-refractivity contribution in [1.29, 1.82) is 0 Å². The maximum absolute atomic E-state index is 15.4. The number of carbonyl (C=O) groups excluding carboxylic acids is 1. The van der Waals surface area contributed by atoms with Crippen LogP contribution < -0.4 is 14.5 Å². The number of anilines is 2. The highest BCUT2D eigenvalue weighted by Gasteiger charge is 2.39. The Balaban J connectivity index is 1.40. The molecule has 7 rings (SSSR count). The second kappa shape index (κ2) is 15.2. The quantitative estimate of drug-likeness (QED) is 0.123. The maximum atomic E-state index is 15.4. The molecule has 0 bridgehead atoms. The van der Waals surface area contributed by atoms with Gasteiger partial charge in [-0.25, -0.2) is 4.79 Å². The molecule has 0 fully saturated rings. The molecule has 11 nitrogen and oxygen atoms in total. The Bertz CT molecular complexity index is 2530. The molecule has 1 aliphatic rings. The van der Waals surface area contributed by atoms with Crippen LogP contribution in [-0.2, 0) is 25.3 Å². The van der Waals surface area contributed by atoms with Gasteiger partial charge in [-0.15, -0.1) is 0 Å². The fourth-order valence-corrected chi connectivity index (χ4v) is 8.80. The van der Waals surface area contributed by atoms with Gasteiger partial charge in [0.2, 0.25) is 0 Å². The van der Waals surface area contributed by atoms with Crippen LogP contribution in [0.25, 0.3) is 32.9 Å². The van der Waals surface area contributed by atoms with Gasteiger partial charge in [0.15, 0.2) is 5.69 Å². The van der Waals surface area contributed by atoms with Gasteiger partial charge in [0.25, 0.3) is 5.91 Å². The molecule has 1 N–H and O–H groups in total. The molecule has 0 spiro atoms. The molecular weight excluding hydrogens is 751 g/mol. The van der Waals surface area contributed by atoms with E-state index in [-0.39, 0.29) is 24.2 Å². The Morgan fingerprint density at radius 2 is 1.71 bits per heavy atom. The number of carbonyl (C=O) groups is 2. The van der Waals surface area contributed by atoms with E-state index in [0.717, 1.165) is 72.1 Å². The summed E-state index contributed by atoms with van der Waals surface area (Å²) in [5.74, 6) is -0.639. The zero-order valence-electron chi connectivity index (χ0n) is 33.4. The van der Waals surface area contributed by atoms with Crippen molar-refractivity contribution in [3.63, 3.8) is 0 Å². The van der Waals surface area contributed by atoms with Gasteiger partial charge in [0.1, 0.15) is 11.4 Å². The first-order valence-corrected chi connectivity index (χ1v) is 19.5. The minimum absolute atomic E-state index is 0.0515.